The van der Waals surface area contributed by atoms with E-state index in [2.05, 4.69) is 40.9 Å². The number of rotatable bonds is 23. The lowest BCUT2D eigenvalue weighted by molar-refractivity contribution is -0.385. The number of aryl methyl sites for hydroxylation is 1. The molecule has 0 amide bonds. The van der Waals surface area contributed by atoms with Gasteiger partial charge in [-0.25, -0.2) is 0 Å². The Labute approximate surface area is 452 Å². The summed E-state index contributed by atoms with van der Waals surface area (Å²) in [6, 6.07) is 41.5. The highest BCUT2D eigenvalue weighted by atomic mass is 16.6. The molecule has 0 fully saturated rings. The van der Waals surface area contributed by atoms with Crippen molar-refractivity contribution in [1.82, 2.24) is 0 Å². The van der Waals surface area contributed by atoms with Crippen LogP contribution in [-0.4, -0.2) is 38.2 Å². The van der Waals surface area contributed by atoms with Crippen LogP contribution in [0.3, 0.4) is 0 Å². The zero-order chi connectivity index (χ0) is 55.8. The molecule has 0 saturated carbocycles. The van der Waals surface area contributed by atoms with Gasteiger partial charge in [-0.2, -0.15) is 40.9 Å². The van der Waals surface area contributed by atoms with Crippen LogP contribution in [0, 0.1) is 37.3 Å². The zero-order valence-electron chi connectivity index (χ0n) is 43.0. The Morgan fingerprint density at radius 1 is 0.405 bits per heavy atom. The molecule has 2 N–H and O–H groups in total. The smallest absolute Gasteiger partial charge is 0.271 e. The molecule has 0 aliphatic heterocycles. The number of phenols is 2. The Morgan fingerprint density at radius 2 is 0.772 bits per heavy atom. The fraction of sp³-hybridized carbons (Fsp3) is 0.172. The second-order valence-corrected chi connectivity index (χ2v) is 18.0. The van der Waals surface area contributed by atoms with Crippen LogP contribution in [0.1, 0.15) is 65.6 Å². The molecule has 0 aliphatic rings. The first-order valence-electron chi connectivity index (χ1n) is 24.9. The van der Waals surface area contributed by atoms with Crippen molar-refractivity contribution in [1.29, 1.82) is 0 Å². The van der Waals surface area contributed by atoms with Crippen molar-refractivity contribution in [2.24, 2.45) is 40.9 Å². The fourth-order valence-corrected chi connectivity index (χ4v) is 8.18. The first-order valence-corrected chi connectivity index (χ1v) is 24.9. The Morgan fingerprint density at radius 3 is 1.24 bits per heavy atom. The molecule has 0 atom stereocenters. The van der Waals surface area contributed by atoms with Crippen LogP contribution in [0.4, 0.5) is 62.6 Å². The van der Waals surface area contributed by atoms with E-state index in [0.717, 1.165) is 5.56 Å². The van der Waals surface area contributed by atoms with Crippen LogP contribution in [-0.2, 0) is 19.3 Å². The highest BCUT2D eigenvalue weighted by Gasteiger charge is 2.21. The van der Waals surface area contributed by atoms with Gasteiger partial charge < -0.3 is 19.7 Å². The number of benzene rings is 8. The second kappa shape index (κ2) is 25.9. The van der Waals surface area contributed by atoms with Gasteiger partial charge in [-0.05, 0) is 116 Å². The number of hydrogen-bond donors (Lipinski definition) is 2. The molecule has 0 aromatic heterocycles. The summed E-state index contributed by atoms with van der Waals surface area (Å²) in [6.07, 6.45) is 1.43. The van der Waals surface area contributed by atoms with Gasteiger partial charge in [-0.15, -0.1) is 0 Å². The van der Waals surface area contributed by atoms with Crippen molar-refractivity contribution in [2.75, 3.05) is 13.2 Å². The van der Waals surface area contributed by atoms with Crippen LogP contribution in [0.25, 0.3) is 0 Å². The molecule has 0 heterocycles. The van der Waals surface area contributed by atoms with Gasteiger partial charge in [0, 0.05) is 89.0 Å². The second-order valence-electron chi connectivity index (χ2n) is 18.0. The van der Waals surface area contributed by atoms with Gasteiger partial charge in [0.05, 0.1) is 73.5 Å². The van der Waals surface area contributed by atoms with Gasteiger partial charge in [-0.3, -0.25) is 30.3 Å². The Kier molecular flexibility index (Phi) is 17.9. The minimum atomic E-state index is -0.537. The summed E-state index contributed by atoms with van der Waals surface area (Å²) in [7, 11) is 0. The number of nitro benzene ring substituents is 3. The number of nitrogens with zero attached hydrogens (tertiary/aromatic N) is 11. The van der Waals surface area contributed by atoms with Gasteiger partial charge >= 0.3 is 0 Å². The topological polar surface area (TPSA) is 287 Å². The summed E-state index contributed by atoms with van der Waals surface area (Å²) < 4.78 is 12.7. The van der Waals surface area contributed by atoms with Crippen molar-refractivity contribution >= 4 is 62.6 Å². The number of nitro groups is 3. The average Bonchev–Trinajstić information content (AvgIpc) is 3.49. The fourth-order valence-electron chi connectivity index (χ4n) is 8.18. The maximum absolute atomic E-state index is 12.5. The van der Waals surface area contributed by atoms with Crippen molar-refractivity contribution in [3.63, 3.8) is 0 Å². The summed E-state index contributed by atoms with van der Waals surface area (Å²) >= 11 is 0. The normalized spacial score (nSPS) is 11.5. The van der Waals surface area contributed by atoms with Crippen LogP contribution >= 0.6 is 0 Å². The molecule has 0 unspecified atom stereocenters. The predicted molar refractivity (Wildman–Crippen MR) is 296 cm³/mol. The third-order valence-electron chi connectivity index (χ3n) is 11.9. The number of non-ortho nitro benzene ring substituents is 3. The Hall–Kier alpha value is -10.4. The molecule has 0 aliphatic carbocycles. The maximum atomic E-state index is 12.5. The van der Waals surface area contributed by atoms with Crippen molar-refractivity contribution < 1.29 is 34.5 Å². The highest BCUT2D eigenvalue weighted by molar-refractivity contribution is 5.62. The van der Waals surface area contributed by atoms with Crippen LogP contribution < -0.4 is 9.47 Å². The molecular formula is C58H51N11O10. The molecule has 21 nitrogen and oxygen atoms in total. The first-order chi connectivity index (χ1) is 38.2. The van der Waals surface area contributed by atoms with Gasteiger partial charge in [0.25, 0.3) is 17.1 Å². The summed E-state index contributed by atoms with van der Waals surface area (Å²) in [4.78, 5) is 33.2. The lowest BCUT2D eigenvalue weighted by atomic mass is 9.93. The number of aromatic hydroxyl groups is 2. The lowest BCUT2D eigenvalue weighted by Gasteiger charge is -2.19. The molecule has 8 aromatic rings. The summed E-state index contributed by atoms with van der Waals surface area (Å²) in [5.74, 6) is 0.757. The van der Waals surface area contributed by atoms with E-state index in [9.17, 15) is 40.6 Å². The van der Waals surface area contributed by atoms with E-state index < -0.39 is 14.8 Å². The monoisotopic (exact) mass is 1060 g/mol. The Balaban J connectivity index is 1.26. The molecule has 0 radical (unpaired) electrons. The van der Waals surface area contributed by atoms with E-state index >= 15 is 0 Å². The van der Waals surface area contributed by atoms with E-state index in [1.54, 1.807) is 72.8 Å². The molecule has 398 valence electrons. The largest absolute Gasteiger partial charge is 0.508 e. The summed E-state index contributed by atoms with van der Waals surface area (Å²) in [6.45, 7) is 6.51. The van der Waals surface area contributed by atoms with Crippen LogP contribution in [0.2, 0.25) is 0 Å². The number of azo groups is 4. The van der Waals surface area contributed by atoms with E-state index in [1.807, 2.05) is 45.0 Å². The summed E-state index contributed by atoms with van der Waals surface area (Å²) in [5, 5.41) is 93.9. The molecule has 0 spiro atoms. The molecule has 0 saturated heterocycles. The van der Waals surface area contributed by atoms with Crippen LogP contribution in [0.15, 0.2) is 199 Å². The molecule has 0 bridgehead atoms. The molecule has 79 heavy (non-hydrogen) atoms. The molecular weight excluding hydrogens is 1010 g/mol. The van der Waals surface area contributed by atoms with Crippen LogP contribution in [0.5, 0.6) is 23.0 Å². The zero-order valence-corrected chi connectivity index (χ0v) is 43.0. The molecule has 8 rings (SSSR count). The predicted octanol–water partition coefficient (Wildman–Crippen LogP) is 17.1. The first kappa shape index (κ1) is 54.8. The average molecular weight is 1060 g/mol. The third kappa shape index (κ3) is 14.9. The van der Waals surface area contributed by atoms with Crippen molar-refractivity contribution in [2.45, 2.75) is 52.9 Å². The third-order valence-corrected chi connectivity index (χ3v) is 11.9. The number of hydrogen-bond acceptors (Lipinski definition) is 18. The number of phenolic OH excluding ortho intramolecular Hbond substituents is 2. The minimum absolute atomic E-state index is 0.0153. The summed E-state index contributed by atoms with van der Waals surface area (Å²) in [5.41, 5.74) is 6.17. The quantitative estimate of drug-likeness (QED) is 0.0347. The lowest BCUT2D eigenvalue weighted by Crippen LogP contribution is -2.05. The minimum Gasteiger partial charge on any atom is -0.508 e. The Bertz CT molecular complexity index is 3700. The molecule has 21 heteroatoms. The van der Waals surface area contributed by atoms with Crippen molar-refractivity contribution in [3.8, 4) is 23.0 Å². The highest BCUT2D eigenvalue weighted by Crippen LogP contribution is 2.41. The van der Waals surface area contributed by atoms with E-state index in [0.29, 0.717) is 87.1 Å². The van der Waals surface area contributed by atoms with Gasteiger partial charge in [0.15, 0.2) is 0 Å². The van der Waals surface area contributed by atoms with Gasteiger partial charge in [0.1, 0.15) is 23.0 Å². The van der Waals surface area contributed by atoms with Gasteiger partial charge in [-0.1, -0.05) is 44.2 Å². The SMILES string of the molecule is CCCOc1ccc(N=Nc2cccc([N+](=O)[O-])c2)cc1Cc1cc(N=Nc2cccc([N+](=O)[O-])c2)cc(Cc2cc(N=Nc3cccc([N+](=O)[O-])c3)cc(Cc3cc(N=Nc4cccc(C)c4)ccc3O)c2OCCC)c1O. The van der Waals surface area contributed by atoms with E-state index in [-0.39, 0.29) is 77.2 Å². The maximum Gasteiger partial charge on any atom is 0.271 e. The standard InChI is InChI=1S/C58H51N11O10/c1-4-22-78-56-21-19-49(64-60-45-12-7-15-52(34-45)67(72)73)29-39(56)26-40-30-50(65-61-46-13-8-16-53(35-46)68(74)75)31-41(57(40)71)27-43-33-51(66-62-47-14-9-17-54(36-47)69(76)77)32-42(58(43)79-23-5-2)25-38-28-48(18-20-55(38)70)63-59-44-11-6-10-37(3)24-44/h6-21,24,28-36,70-71H,4-5,22-23,25-27H2,1-3H3. The molecule has 8 aromatic carbocycles. The van der Waals surface area contributed by atoms with Crippen molar-refractivity contribution in [3.05, 3.63) is 227 Å². The number of ether oxygens (including phenoxy) is 2. The van der Waals surface area contributed by atoms with Gasteiger partial charge in [0.2, 0.25) is 0 Å². The van der Waals surface area contributed by atoms with E-state index in [4.69, 9.17) is 9.47 Å². The van der Waals surface area contributed by atoms with E-state index in [1.165, 1.54) is 60.7 Å².